The Hall–Kier alpha value is -5.23. The SMILES string of the molecule is CC(C)c1cccc(C(C)C)c1-n1c(-c2[c-]ccc3c2sc2c3ccc3c4ccccc4ccc32)nc2ccccc21.[2H]C([2H])([2H])c1c[c-]c(-c2cc(C([2H])([2H])C(C)(C)C)c([Si](C)(C)C)cn2)cc1.[Ir]. The maximum Gasteiger partial charge on any atom is 0.0798 e. The summed E-state index contributed by atoms with van der Waals surface area (Å²) in [5.41, 5.74) is 8.74. The number of fused-ring (bicyclic) bond motifs is 8. The van der Waals surface area contributed by atoms with Gasteiger partial charge in [0.25, 0.3) is 0 Å². The number of aromatic nitrogens is 3. The third-order valence-electron chi connectivity index (χ3n) is 12.0. The quantitative estimate of drug-likeness (QED) is 0.0905. The summed E-state index contributed by atoms with van der Waals surface area (Å²) in [4.78, 5) is 9.88. The molecule has 65 heavy (non-hydrogen) atoms. The molecule has 3 nitrogen and oxygen atoms in total. The van der Waals surface area contributed by atoms with Crippen molar-refractivity contribution >= 4 is 77.3 Å². The molecule has 0 aliphatic carbocycles. The molecule has 0 unspecified atom stereocenters. The Kier molecular flexibility index (Phi) is 11.2. The fourth-order valence-electron chi connectivity index (χ4n) is 8.94. The smallest absolute Gasteiger partial charge is 0.0798 e. The zero-order chi connectivity index (χ0) is 49.4. The predicted octanol–water partition coefficient (Wildman–Crippen LogP) is 16.4. The van der Waals surface area contributed by atoms with Gasteiger partial charge in [0, 0.05) is 43.5 Å². The molecule has 0 spiro atoms. The number of aryl methyl sites for hydroxylation is 1. The van der Waals surface area contributed by atoms with E-state index in [4.69, 9.17) is 11.8 Å². The molecule has 0 saturated heterocycles. The first kappa shape index (κ1) is 40.1. The van der Waals surface area contributed by atoms with Gasteiger partial charge in [0.15, 0.2) is 0 Å². The summed E-state index contributed by atoms with van der Waals surface area (Å²) in [6, 6.07) is 50.6. The number of hydrogen-bond donors (Lipinski definition) is 0. The molecule has 6 heteroatoms. The number of hydrogen-bond acceptors (Lipinski definition) is 3. The van der Waals surface area contributed by atoms with Crippen molar-refractivity contribution in [2.75, 3.05) is 0 Å². The summed E-state index contributed by atoms with van der Waals surface area (Å²) in [6.45, 7) is 19.2. The van der Waals surface area contributed by atoms with Gasteiger partial charge in [-0.15, -0.1) is 53.6 Å². The number of pyridine rings is 1. The van der Waals surface area contributed by atoms with Crippen LogP contribution in [0.25, 0.3) is 81.1 Å². The molecule has 7 aromatic carbocycles. The van der Waals surface area contributed by atoms with Crippen molar-refractivity contribution in [3.8, 4) is 28.3 Å². The van der Waals surface area contributed by atoms with E-state index in [2.05, 4.69) is 172 Å². The standard InChI is InChI=1S/C39H31N2S.C20H28NSi.Ir/c1-23(2)26-13-9-14-27(24(3)4)36(26)41-35-18-8-7-17-34(35)40-39(41)33-16-10-15-30-32-22-21-29-28-12-6-5-11-25(28)19-20-31(29)37(32)42-38(30)33;1-15-8-10-16(11-9-15)18-12-17(13-20(2,3)4)19(14-21-18)22(5,6)7;/h5-15,17-24H,1-4H3;8-10,12,14H,13H2,1-7H3;/q2*-1;/i;1D3,13D2;. The first-order valence-electron chi connectivity index (χ1n) is 24.9. The third-order valence-corrected chi connectivity index (χ3v) is 15.3. The molecular formula is C59H59IrN3SSi-2. The minimum atomic E-state index is -2.17. The summed E-state index contributed by atoms with van der Waals surface area (Å²) in [5.74, 6) is 1.70. The van der Waals surface area contributed by atoms with Crippen LogP contribution in [0, 0.1) is 24.4 Å². The van der Waals surface area contributed by atoms with Crippen molar-refractivity contribution in [3.05, 3.63) is 168 Å². The normalized spacial score (nSPS) is 13.7. The van der Waals surface area contributed by atoms with Gasteiger partial charge in [-0.25, -0.2) is 0 Å². The maximum atomic E-state index is 8.79. The Balaban J connectivity index is 0.000000205. The van der Waals surface area contributed by atoms with E-state index in [0.717, 1.165) is 27.6 Å². The van der Waals surface area contributed by atoms with Crippen LogP contribution >= 0.6 is 11.3 Å². The van der Waals surface area contributed by atoms with Gasteiger partial charge >= 0.3 is 0 Å². The third kappa shape index (κ3) is 9.04. The Labute approximate surface area is 411 Å². The first-order chi connectivity index (χ1) is 32.6. The molecule has 0 saturated carbocycles. The van der Waals surface area contributed by atoms with Gasteiger partial charge in [0.1, 0.15) is 0 Å². The van der Waals surface area contributed by atoms with Crippen LogP contribution in [0.1, 0.15) is 89.4 Å². The molecule has 0 aliphatic rings. The van der Waals surface area contributed by atoms with Crippen molar-refractivity contribution < 1.29 is 27.0 Å². The minimum absolute atomic E-state index is 0. The first-order valence-corrected chi connectivity index (χ1v) is 26.7. The molecule has 331 valence electrons. The Morgan fingerprint density at radius 2 is 1.42 bits per heavy atom. The van der Waals surface area contributed by atoms with E-state index in [1.54, 1.807) is 18.3 Å². The van der Waals surface area contributed by atoms with Crippen molar-refractivity contribution in [2.24, 2.45) is 5.41 Å². The van der Waals surface area contributed by atoms with Crippen LogP contribution in [0.4, 0.5) is 0 Å². The van der Waals surface area contributed by atoms with E-state index in [1.165, 1.54) is 64.6 Å². The van der Waals surface area contributed by atoms with Gasteiger partial charge in [-0.2, -0.15) is 11.3 Å². The fourth-order valence-corrected chi connectivity index (χ4v) is 11.6. The largest absolute Gasteiger partial charge is 0.333 e. The van der Waals surface area contributed by atoms with Gasteiger partial charge < -0.3 is 9.55 Å². The molecular weight excluding hydrogens is 1000 g/mol. The molecule has 3 aromatic heterocycles. The van der Waals surface area contributed by atoms with Crippen LogP contribution < -0.4 is 5.19 Å². The molecule has 0 bridgehead atoms. The average molecular weight is 1070 g/mol. The molecule has 0 amide bonds. The van der Waals surface area contributed by atoms with Crippen molar-refractivity contribution in [3.63, 3.8) is 0 Å². The van der Waals surface area contributed by atoms with E-state index < -0.39 is 26.7 Å². The second-order valence-corrected chi connectivity index (χ2v) is 25.7. The van der Waals surface area contributed by atoms with Crippen molar-refractivity contribution in [2.45, 2.75) is 93.2 Å². The summed E-state index contributed by atoms with van der Waals surface area (Å²) in [6.07, 6.45) is 0.269. The van der Waals surface area contributed by atoms with Crippen molar-refractivity contribution in [1.82, 2.24) is 14.5 Å². The number of para-hydroxylation sites is 3. The topological polar surface area (TPSA) is 30.7 Å². The monoisotopic (exact) mass is 1070 g/mol. The summed E-state index contributed by atoms with van der Waals surface area (Å²) < 4.78 is 45.0. The molecule has 0 aliphatic heterocycles. The summed E-state index contributed by atoms with van der Waals surface area (Å²) in [5, 5.41) is 8.74. The number of nitrogens with zero attached hydrogens (tertiary/aromatic N) is 3. The number of imidazole rings is 1. The van der Waals surface area contributed by atoms with Crippen LogP contribution in [0.15, 0.2) is 134 Å². The molecule has 0 N–H and O–H groups in total. The Morgan fingerprint density at radius 1 is 0.738 bits per heavy atom. The molecule has 10 aromatic rings. The number of rotatable bonds is 7. The van der Waals surface area contributed by atoms with E-state index in [0.29, 0.717) is 28.7 Å². The van der Waals surface area contributed by atoms with Gasteiger partial charge in [-0.05, 0) is 89.4 Å². The maximum absolute atomic E-state index is 8.79. The molecule has 10 rings (SSSR count). The van der Waals surface area contributed by atoms with Crippen molar-refractivity contribution in [1.29, 1.82) is 0 Å². The summed E-state index contributed by atoms with van der Waals surface area (Å²) >= 11 is 1.87. The zero-order valence-corrected chi connectivity index (χ0v) is 43.2. The van der Waals surface area contributed by atoms with Crippen LogP contribution in [0.2, 0.25) is 19.6 Å². The van der Waals surface area contributed by atoms with E-state index in [9.17, 15) is 0 Å². The second kappa shape index (κ2) is 18.2. The van der Waals surface area contributed by atoms with E-state index >= 15 is 0 Å². The predicted molar refractivity (Wildman–Crippen MR) is 281 cm³/mol. The zero-order valence-electron chi connectivity index (χ0n) is 43.9. The van der Waals surface area contributed by atoms with E-state index in [1.807, 2.05) is 38.2 Å². The van der Waals surface area contributed by atoms with Gasteiger partial charge in [-0.3, -0.25) is 4.98 Å². The molecule has 3 heterocycles. The minimum Gasteiger partial charge on any atom is -0.333 e. The fraction of sp³-hybridized carbons (Fsp3) is 0.254. The Bertz CT molecular complexity index is 3530. The van der Waals surface area contributed by atoms with Gasteiger partial charge in [0.2, 0.25) is 0 Å². The van der Waals surface area contributed by atoms with Crippen LogP contribution in [0.3, 0.4) is 0 Å². The molecule has 0 fully saturated rings. The Morgan fingerprint density at radius 3 is 2.11 bits per heavy atom. The van der Waals surface area contributed by atoms with Gasteiger partial charge in [-0.1, -0.05) is 176 Å². The molecule has 0 atom stereocenters. The van der Waals surface area contributed by atoms with Crippen LogP contribution in [0.5, 0.6) is 0 Å². The number of thiophene rings is 1. The van der Waals surface area contributed by atoms with Gasteiger partial charge in [0.05, 0.1) is 24.9 Å². The summed E-state index contributed by atoms with van der Waals surface area (Å²) in [7, 11) is -1.81. The van der Waals surface area contributed by atoms with Crippen LogP contribution in [-0.2, 0) is 26.5 Å². The average Bonchev–Trinajstić information content (AvgIpc) is 3.89. The molecule has 1 radical (unpaired) electrons. The van der Waals surface area contributed by atoms with Crippen LogP contribution in [-0.4, -0.2) is 22.6 Å². The van der Waals surface area contributed by atoms with E-state index in [-0.39, 0.29) is 25.7 Å². The second-order valence-electron chi connectivity index (χ2n) is 19.6. The number of benzene rings is 7.